The summed E-state index contributed by atoms with van der Waals surface area (Å²) in [6.45, 7) is 9.21. The van der Waals surface area contributed by atoms with Crippen LogP contribution in [-0.4, -0.2) is 63.0 Å². The van der Waals surface area contributed by atoms with Gasteiger partial charge in [0.1, 0.15) is 0 Å². The van der Waals surface area contributed by atoms with Crippen LogP contribution < -0.4 is 10.6 Å². The zero-order valence-electron chi connectivity index (χ0n) is 16.5. The Balaban J connectivity index is 0.00000261. The van der Waals surface area contributed by atoms with Crippen molar-refractivity contribution in [3.63, 3.8) is 0 Å². The van der Waals surface area contributed by atoms with E-state index in [0.717, 1.165) is 71.3 Å². The highest BCUT2D eigenvalue weighted by molar-refractivity contribution is 14.0. The molecule has 152 valence electrons. The average molecular weight is 488 g/mol. The minimum Gasteiger partial charge on any atom is -0.379 e. The van der Waals surface area contributed by atoms with Gasteiger partial charge in [-0.15, -0.1) is 24.0 Å². The van der Waals surface area contributed by atoms with Gasteiger partial charge in [0.25, 0.3) is 0 Å². The first-order valence-electron chi connectivity index (χ1n) is 9.64. The summed E-state index contributed by atoms with van der Waals surface area (Å²) in [4.78, 5) is 6.80. The Hall–Kier alpha value is -0.900. The lowest BCUT2D eigenvalue weighted by atomic mass is 10.0. The van der Waals surface area contributed by atoms with Crippen LogP contribution in [0.5, 0.6) is 0 Å². The number of guanidine groups is 1. The van der Waals surface area contributed by atoms with Crippen molar-refractivity contribution in [3.05, 3.63) is 35.4 Å². The van der Waals surface area contributed by atoms with Gasteiger partial charge in [-0.2, -0.15) is 0 Å². The van der Waals surface area contributed by atoms with Gasteiger partial charge in [0.15, 0.2) is 5.96 Å². The van der Waals surface area contributed by atoms with E-state index in [0.29, 0.717) is 0 Å². The molecule has 2 aliphatic heterocycles. The van der Waals surface area contributed by atoms with Crippen LogP contribution in [0.3, 0.4) is 0 Å². The van der Waals surface area contributed by atoms with E-state index in [1.54, 1.807) is 0 Å². The highest BCUT2D eigenvalue weighted by atomic mass is 127. The van der Waals surface area contributed by atoms with Crippen molar-refractivity contribution in [2.45, 2.75) is 38.5 Å². The third-order valence-corrected chi connectivity index (χ3v) is 5.22. The summed E-state index contributed by atoms with van der Waals surface area (Å²) in [7, 11) is 1.81. The fourth-order valence-electron chi connectivity index (χ4n) is 3.53. The van der Waals surface area contributed by atoms with Crippen molar-refractivity contribution >= 4 is 29.9 Å². The molecular weight excluding hydrogens is 455 g/mol. The number of nitrogens with zero attached hydrogens (tertiary/aromatic N) is 2. The van der Waals surface area contributed by atoms with Gasteiger partial charge >= 0.3 is 0 Å². The number of morpholine rings is 1. The van der Waals surface area contributed by atoms with E-state index in [1.165, 1.54) is 11.1 Å². The van der Waals surface area contributed by atoms with Crippen molar-refractivity contribution in [1.82, 2.24) is 15.5 Å². The summed E-state index contributed by atoms with van der Waals surface area (Å²) >= 11 is 0. The Labute approximate surface area is 180 Å². The molecule has 7 heteroatoms. The van der Waals surface area contributed by atoms with Gasteiger partial charge in [-0.05, 0) is 30.9 Å². The molecule has 0 radical (unpaired) electrons. The second kappa shape index (κ2) is 11.2. The van der Waals surface area contributed by atoms with Crippen LogP contribution in [-0.2, 0) is 22.6 Å². The minimum absolute atomic E-state index is 0. The van der Waals surface area contributed by atoms with Crippen LogP contribution in [0.4, 0.5) is 0 Å². The van der Waals surface area contributed by atoms with E-state index in [1.807, 2.05) is 7.05 Å². The molecule has 1 unspecified atom stereocenters. The first-order chi connectivity index (χ1) is 12.7. The molecule has 2 N–H and O–H groups in total. The number of aliphatic imine (C=N–C) groups is 1. The quantitative estimate of drug-likeness (QED) is 0.366. The molecule has 27 heavy (non-hydrogen) atoms. The summed E-state index contributed by atoms with van der Waals surface area (Å²) in [6, 6.07) is 8.63. The molecule has 0 aromatic heterocycles. The summed E-state index contributed by atoms with van der Waals surface area (Å²) in [5, 5.41) is 6.85. The van der Waals surface area contributed by atoms with Crippen molar-refractivity contribution in [2.75, 3.05) is 46.5 Å². The first-order valence-corrected chi connectivity index (χ1v) is 9.64. The molecule has 1 aromatic rings. The SMILES string of the molecule is CN=C(NCc1ccccc1CN1CCOCC1)NCC1(C)CCCO1.I. The average Bonchev–Trinajstić information content (AvgIpc) is 3.11. The fourth-order valence-corrected chi connectivity index (χ4v) is 3.53. The first kappa shape index (κ1) is 22.4. The Morgan fingerprint density at radius 2 is 1.89 bits per heavy atom. The molecule has 0 spiro atoms. The van der Waals surface area contributed by atoms with E-state index >= 15 is 0 Å². The zero-order chi connectivity index (χ0) is 18.2. The van der Waals surface area contributed by atoms with E-state index in [-0.39, 0.29) is 29.6 Å². The maximum atomic E-state index is 5.84. The van der Waals surface area contributed by atoms with Crippen LogP contribution in [0.25, 0.3) is 0 Å². The molecule has 0 amide bonds. The molecule has 1 atom stereocenters. The Bertz CT molecular complexity index is 599. The van der Waals surface area contributed by atoms with Gasteiger partial charge in [0, 0.05) is 46.4 Å². The molecule has 0 saturated carbocycles. The fraction of sp³-hybridized carbons (Fsp3) is 0.650. The van der Waals surface area contributed by atoms with E-state index < -0.39 is 0 Å². The number of hydrogen-bond donors (Lipinski definition) is 2. The molecule has 6 nitrogen and oxygen atoms in total. The molecular formula is C20H33IN4O2. The van der Waals surface area contributed by atoms with Crippen molar-refractivity contribution in [3.8, 4) is 0 Å². The lowest BCUT2D eigenvalue weighted by molar-refractivity contribution is 0.0242. The van der Waals surface area contributed by atoms with Crippen LogP contribution >= 0.6 is 24.0 Å². The number of ether oxygens (including phenoxy) is 2. The largest absolute Gasteiger partial charge is 0.379 e. The highest BCUT2D eigenvalue weighted by Gasteiger charge is 2.29. The van der Waals surface area contributed by atoms with E-state index in [4.69, 9.17) is 9.47 Å². The summed E-state index contributed by atoms with van der Waals surface area (Å²) in [5.74, 6) is 0.822. The highest BCUT2D eigenvalue weighted by Crippen LogP contribution is 2.23. The number of halogens is 1. The normalized spacial score (nSPS) is 23.7. The number of benzene rings is 1. The predicted molar refractivity (Wildman–Crippen MR) is 120 cm³/mol. The van der Waals surface area contributed by atoms with Crippen molar-refractivity contribution < 1.29 is 9.47 Å². The predicted octanol–water partition coefficient (Wildman–Crippen LogP) is 2.37. The van der Waals surface area contributed by atoms with Crippen molar-refractivity contribution in [2.24, 2.45) is 4.99 Å². The maximum absolute atomic E-state index is 5.84. The standard InChI is InChI=1S/C20H32N4O2.HI/c1-20(8-5-11-26-20)16-23-19(21-2)22-14-17-6-3-4-7-18(17)15-24-9-12-25-13-10-24;/h3-4,6-7H,5,8-16H2,1-2H3,(H2,21,22,23);1H. The van der Waals surface area contributed by atoms with Gasteiger partial charge in [0.2, 0.25) is 0 Å². The molecule has 1 aromatic carbocycles. The van der Waals surface area contributed by atoms with Gasteiger partial charge in [-0.1, -0.05) is 24.3 Å². The number of nitrogens with one attached hydrogen (secondary N) is 2. The molecule has 0 aliphatic carbocycles. The van der Waals surface area contributed by atoms with Crippen molar-refractivity contribution in [1.29, 1.82) is 0 Å². The molecule has 2 heterocycles. The van der Waals surface area contributed by atoms with Gasteiger partial charge in [-0.25, -0.2) is 0 Å². The molecule has 3 rings (SSSR count). The maximum Gasteiger partial charge on any atom is 0.191 e. The molecule has 2 saturated heterocycles. The number of rotatable bonds is 6. The summed E-state index contributed by atoms with van der Waals surface area (Å²) in [6.07, 6.45) is 2.23. The Morgan fingerprint density at radius 3 is 2.56 bits per heavy atom. The number of hydrogen-bond acceptors (Lipinski definition) is 4. The second-order valence-electron chi connectivity index (χ2n) is 7.34. The van der Waals surface area contributed by atoms with Gasteiger partial charge in [-0.3, -0.25) is 9.89 Å². The smallest absolute Gasteiger partial charge is 0.191 e. The third kappa shape index (κ3) is 6.89. The van der Waals surface area contributed by atoms with Gasteiger partial charge in [0.05, 0.1) is 18.8 Å². The van der Waals surface area contributed by atoms with Crippen LogP contribution in [0, 0.1) is 0 Å². The molecule has 2 fully saturated rings. The molecule has 2 aliphatic rings. The van der Waals surface area contributed by atoms with Crippen LogP contribution in [0.1, 0.15) is 30.9 Å². The zero-order valence-corrected chi connectivity index (χ0v) is 18.8. The van der Waals surface area contributed by atoms with E-state index in [2.05, 4.69) is 51.7 Å². The third-order valence-electron chi connectivity index (χ3n) is 5.22. The van der Waals surface area contributed by atoms with Gasteiger partial charge < -0.3 is 20.1 Å². The lowest BCUT2D eigenvalue weighted by Gasteiger charge is -2.27. The van der Waals surface area contributed by atoms with E-state index in [9.17, 15) is 0 Å². The monoisotopic (exact) mass is 488 g/mol. The topological polar surface area (TPSA) is 58.1 Å². The molecule has 0 bridgehead atoms. The van der Waals surface area contributed by atoms with Crippen LogP contribution in [0.15, 0.2) is 29.3 Å². The Morgan fingerprint density at radius 1 is 1.15 bits per heavy atom. The second-order valence-corrected chi connectivity index (χ2v) is 7.34. The summed E-state index contributed by atoms with van der Waals surface area (Å²) in [5.41, 5.74) is 2.60. The lowest BCUT2D eigenvalue weighted by Crippen LogP contribution is -2.45. The van der Waals surface area contributed by atoms with Crippen LogP contribution in [0.2, 0.25) is 0 Å². The minimum atomic E-state index is -0.0775. The summed E-state index contributed by atoms with van der Waals surface area (Å²) < 4.78 is 11.3. The Kier molecular flexibility index (Phi) is 9.28.